The molecule has 19 heavy (non-hydrogen) atoms. The van der Waals surface area contributed by atoms with Gasteiger partial charge >= 0.3 is 12.1 Å². The summed E-state index contributed by atoms with van der Waals surface area (Å²) in [6.45, 7) is 5.09. The molecule has 1 heterocycles. The van der Waals surface area contributed by atoms with E-state index in [4.69, 9.17) is 4.74 Å². The highest BCUT2D eigenvalue weighted by atomic mass is 19.1. The molecule has 1 aromatic rings. The molecule has 1 aromatic heterocycles. The number of nitrogens with zero attached hydrogens (tertiary/aromatic N) is 1. The largest absolute Gasteiger partial charge is 0.465 e. The normalized spacial score (nSPS) is 10.8. The number of amides is 1. The van der Waals surface area contributed by atoms with Crippen molar-refractivity contribution in [3.8, 4) is 0 Å². The first-order chi connectivity index (χ1) is 8.73. The van der Waals surface area contributed by atoms with Crippen LogP contribution in [0.25, 0.3) is 0 Å². The van der Waals surface area contributed by atoms with Crippen molar-refractivity contribution < 1.29 is 23.5 Å². The number of pyridine rings is 1. The standard InChI is InChI=1S/C12H15FN2O4/c1-12(2,3)19-11(17)15-8-6-5-7(9(13)14-8)10(16)18-4/h5-6H,1-4H3,(H,14,15,17). The summed E-state index contributed by atoms with van der Waals surface area (Å²) in [7, 11) is 1.13. The molecule has 0 unspecified atom stereocenters. The molecule has 1 N–H and O–H groups in total. The second kappa shape index (κ2) is 5.64. The van der Waals surface area contributed by atoms with Gasteiger partial charge in [0, 0.05) is 0 Å². The zero-order valence-electron chi connectivity index (χ0n) is 11.1. The number of ether oxygens (including phenoxy) is 2. The smallest absolute Gasteiger partial charge is 0.413 e. The van der Waals surface area contributed by atoms with Gasteiger partial charge in [0.05, 0.1) is 7.11 Å². The van der Waals surface area contributed by atoms with E-state index >= 15 is 0 Å². The summed E-state index contributed by atoms with van der Waals surface area (Å²) in [6, 6.07) is 2.44. The average molecular weight is 270 g/mol. The number of methoxy groups -OCH3 is 1. The third-order valence-electron chi connectivity index (χ3n) is 1.88. The first kappa shape index (κ1) is 14.9. The Balaban J connectivity index is 2.79. The molecule has 0 aliphatic rings. The highest BCUT2D eigenvalue weighted by Gasteiger charge is 2.18. The quantitative estimate of drug-likeness (QED) is 0.659. The van der Waals surface area contributed by atoms with Gasteiger partial charge < -0.3 is 9.47 Å². The van der Waals surface area contributed by atoms with Gasteiger partial charge in [0.2, 0.25) is 5.95 Å². The molecular weight excluding hydrogens is 255 g/mol. The first-order valence-corrected chi connectivity index (χ1v) is 5.48. The molecule has 0 aromatic carbocycles. The lowest BCUT2D eigenvalue weighted by Crippen LogP contribution is -2.27. The van der Waals surface area contributed by atoms with Crippen LogP contribution in [0.1, 0.15) is 31.1 Å². The number of nitrogens with one attached hydrogen (secondary N) is 1. The number of halogens is 1. The minimum Gasteiger partial charge on any atom is -0.465 e. The van der Waals surface area contributed by atoms with Crippen LogP contribution in [0.4, 0.5) is 15.0 Å². The Bertz CT molecular complexity index is 497. The van der Waals surface area contributed by atoms with E-state index < -0.39 is 23.6 Å². The Kier molecular flexibility index (Phi) is 4.42. The lowest BCUT2D eigenvalue weighted by Gasteiger charge is -2.19. The summed E-state index contributed by atoms with van der Waals surface area (Å²) in [5.41, 5.74) is -0.980. The van der Waals surface area contributed by atoms with Gasteiger partial charge in [-0.15, -0.1) is 0 Å². The van der Waals surface area contributed by atoms with Crippen molar-refractivity contribution in [1.29, 1.82) is 0 Å². The van der Waals surface area contributed by atoms with E-state index in [1.54, 1.807) is 20.8 Å². The molecule has 0 bridgehead atoms. The van der Waals surface area contributed by atoms with Crippen molar-refractivity contribution in [2.24, 2.45) is 0 Å². The summed E-state index contributed by atoms with van der Waals surface area (Å²) in [5, 5.41) is 2.26. The number of carbonyl (C=O) groups excluding carboxylic acids is 2. The van der Waals surface area contributed by atoms with E-state index in [1.807, 2.05) is 0 Å². The SMILES string of the molecule is COC(=O)c1ccc(NC(=O)OC(C)(C)C)nc1F. The zero-order chi connectivity index (χ0) is 14.6. The van der Waals surface area contributed by atoms with Crippen molar-refractivity contribution >= 4 is 17.9 Å². The number of esters is 1. The Hall–Kier alpha value is -2.18. The number of hydrogen-bond donors (Lipinski definition) is 1. The van der Waals surface area contributed by atoms with Crippen molar-refractivity contribution in [3.63, 3.8) is 0 Å². The van der Waals surface area contributed by atoms with Crippen LogP contribution in [0.2, 0.25) is 0 Å². The first-order valence-electron chi connectivity index (χ1n) is 5.48. The van der Waals surface area contributed by atoms with E-state index in [9.17, 15) is 14.0 Å². The Labute approximate surface area is 109 Å². The Morgan fingerprint density at radius 3 is 2.42 bits per heavy atom. The maximum absolute atomic E-state index is 13.5. The summed E-state index contributed by atoms with van der Waals surface area (Å²) in [5.74, 6) is -1.92. The number of rotatable bonds is 2. The minimum atomic E-state index is -1.03. The summed E-state index contributed by atoms with van der Waals surface area (Å²) < 4.78 is 22.8. The highest BCUT2D eigenvalue weighted by molar-refractivity contribution is 5.90. The van der Waals surface area contributed by atoms with Crippen LogP contribution >= 0.6 is 0 Å². The van der Waals surface area contributed by atoms with E-state index in [2.05, 4.69) is 15.0 Å². The van der Waals surface area contributed by atoms with Crippen molar-refractivity contribution in [3.05, 3.63) is 23.6 Å². The Morgan fingerprint density at radius 2 is 1.95 bits per heavy atom. The predicted molar refractivity (Wildman–Crippen MR) is 65.4 cm³/mol. The van der Waals surface area contributed by atoms with Crippen LogP contribution in [0.3, 0.4) is 0 Å². The fourth-order valence-corrected chi connectivity index (χ4v) is 1.17. The molecule has 0 radical (unpaired) electrons. The van der Waals surface area contributed by atoms with Gasteiger partial charge in [0.25, 0.3) is 0 Å². The second-order valence-corrected chi connectivity index (χ2v) is 4.65. The summed E-state index contributed by atoms with van der Waals surface area (Å²) in [6.07, 6.45) is -0.759. The predicted octanol–water partition coefficient (Wildman–Crippen LogP) is 2.35. The fraction of sp³-hybridized carbons (Fsp3) is 0.417. The molecule has 0 spiro atoms. The molecule has 104 valence electrons. The van der Waals surface area contributed by atoms with E-state index in [1.165, 1.54) is 12.1 Å². The fourth-order valence-electron chi connectivity index (χ4n) is 1.17. The minimum absolute atomic E-state index is 0.0561. The summed E-state index contributed by atoms with van der Waals surface area (Å²) >= 11 is 0. The molecule has 1 amide bonds. The molecule has 0 atom stereocenters. The Morgan fingerprint density at radius 1 is 1.32 bits per heavy atom. The van der Waals surface area contributed by atoms with Gasteiger partial charge in [-0.2, -0.15) is 4.39 Å². The van der Waals surface area contributed by atoms with Crippen molar-refractivity contribution in [2.75, 3.05) is 12.4 Å². The van der Waals surface area contributed by atoms with E-state index in [0.717, 1.165) is 7.11 Å². The monoisotopic (exact) mass is 270 g/mol. The molecule has 7 heteroatoms. The molecule has 0 saturated carbocycles. The topological polar surface area (TPSA) is 77.5 Å². The average Bonchev–Trinajstić information content (AvgIpc) is 2.25. The number of anilines is 1. The third-order valence-corrected chi connectivity index (χ3v) is 1.88. The molecule has 0 aliphatic carbocycles. The van der Waals surface area contributed by atoms with Crippen LogP contribution in [-0.2, 0) is 9.47 Å². The third kappa shape index (κ3) is 4.53. The van der Waals surface area contributed by atoms with Gasteiger partial charge in [-0.25, -0.2) is 14.6 Å². The van der Waals surface area contributed by atoms with Gasteiger partial charge in [-0.05, 0) is 32.9 Å². The summed E-state index contributed by atoms with van der Waals surface area (Å²) in [4.78, 5) is 26.0. The van der Waals surface area contributed by atoms with Gasteiger partial charge in [0.15, 0.2) is 0 Å². The molecule has 0 aliphatic heterocycles. The van der Waals surface area contributed by atoms with Crippen LogP contribution in [-0.4, -0.2) is 29.8 Å². The lowest BCUT2D eigenvalue weighted by molar-refractivity contribution is 0.0593. The molecular formula is C12H15FN2O4. The second-order valence-electron chi connectivity index (χ2n) is 4.65. The van der Waals surface area contributed by atoms with Crippen LogP contribution in [0, 0.1) is 5.95 Å². The number of hydrogen-bond acceptors (Lipinski definition) is 5. The lowest BCUT2D eigenvalue weighted by atomic mass is 10.2. The van der Waals surface area contributed by atoms with Gasteiger partial charge in [0.1, 0.15) is 17.0 Å². The van der Waals surface area contributed by atoms with E-state index in [0.29, 0.717) is 0 Å². The van der Waals surface area contributed by atoms with Gasteiger partial charge in [-0.3, -0.25) is 5.32 Å². The van der Waals surface area contributed by atoms with Crippen molar-refractivity contribution in [1.82, 2.24) is 4.98 Å². The molecule has 1 rings (SSSR count). The number of aromatic nitrogens is 1. The van der Waals surface area contributed by atoms with E-state index in [-0.39, 0.29) is 11.4 Å². The maximum atomic E-state index is 13.5. The van der Waals surface area contributed by atoms with Crippen LogP contribution < -0.4 is 5.32 Å². The van der Waals surface area contributed by atoms with Gasteiger partial charge in [-0.1, -0.05) is 0 Å². The van der Waals surface area contributed by atoms with Crippen molar-refractivity contribution in [2.45, 2.75) is 26.4 Å². The maximum Gasteiger partial charge on any atom is 0.413 e. The highest BCUT2D eigenvalue weighted by Crippen LogP contribution is 2.13. The van der Waals surface area contributed by atoms with Crippen LogP contribution in [0.5, 0.6) is 0 Å². The molecule has 0 fully saturated rings. The zero-order valence-corrected chi connectivity index (χ0v) is 11.1. The molecule has 0 saturated heterocycles. The number of carbonyl (C=O) groups is 2. The van der Waals surface area contributed by atoms with Crippen LogP contribution in [0.15, 0.2) is 12.1 Å². The molecule has 6 nitrogen and oxygen atoms in total.